The van der Waals surface area contributed by atoms with Crippen LogP contribution < -0.4 is 4.90 Å². The Morgan fingerprint density at radius 1 is 0.682 bits per heavy atom. The van der Waals surface area contributed by atoms with Gasteiger partial charge in [0.15, 0.2) is 0 Å². The second-order valence-corrected chi connectivity index (χ2v) is 5.25. The first kappa shape index (κ1) is 14.4. The van der Waals surface area contributed by atoms with Gasteiger partial charge in [-0.15, -0.1) is 0 Å². The summed E-state index contributed by atoms with van der Waals surface area (Å²) in [4.78, 5) is 14.6. The number of halogens is 1. The van der Waals surface area contributed by atoms with E-state index < -0.39 is 0 Å². The number of para-hydroxylation sites is 1. The molecule has 3 rings (SSSR count). The zero-order valence-electron chi connectivity index (χ0n) is 11.8. The van der Waals surface area contributed by atoms with Gasteiger partial charge >= 0.3 is 0 Å². The molecule has 2 nitrogen and oxygen atoms in total. The number of carbonyl (C=O) groups excluding carboxylic acids is 1. The highest BCUT2D eigenvalue weighted by molar-refractivity contribution is 6.30. The van der Waals surface area contributed by atoms with E-state index in [2.05, 4.69) is 0 Å². The van der Waals surface area contributed by atoms with Crippen molar-refractivity contribution in [1.82, 2.24) is 0 Å². The number of hydrogen-bond donors (Lipinski definition) is 0. The summed E-state index contributed by atoms with van der Waals surface area (Å²) in [7, 11) is 0. The van der Waals surface area contributed by atoms with Crippen LogP contribution in [0.15, 0.2) is 84.9 Å². The highest BCUT2D eigenvalue weighted by Gasteiger charge is 2.19. The van der Waals surface area contributed by atoms with Crippen molar-refractivity contribution in [3.05, 3.63) is 95.5 Å². The average molecular weight is 308 g/mol. The molecule has 22 heavy (non-hydrogen) atoms. The van der Waals surface area contributed by atoms with E-state index in [0.717, 1.165) is 11.4 Å². The topological polar surface area (TPSA) is 20.3 Å². The second-order valence-electron chi connectivity index (χ2n) is 4.82. The lowest BCUT2D eigenvalue weighted by molar-refractivity contribution is 0.0999. The van der Waals surface area contributed by atoms with Crippen molar-refractivity contribution in [3.63, 3.8) is 0 Å². The molecule has 0 bridgehead atoms. The Labute approximate surface area is 134 Å². The van der Waals surface area contributed by atoms with Crippen molar-refractivity contribution in [2.24, 2.45) is 0 Å². The van der Waals surface area contributed by atoms with Crippen LogP contribution >= 0.6 is 11.6 Å². The number of amides is 1. The van der Waals surface area contributed by atoms with Gasteiger partial charge in [-0.25, -0.2) is 0 Å². The molecule has 0 saturated heterocycles. The first-order valence-corrected chi connectivity index (χ1v) is 7.33. The van der Waals surface area contributed by atoms with Gasteiger partial charge in [0.05, 0.1) is 0 Å². The summed E-state index contributed by atoms with van der Waals surface area (Å²) in [6.07, 6.45) is 0. The minimum Gasteiger partial charge on any atom is -0.277 e. The van der Waals surface area contributed by atoms with Gasteiger partial charge in [0.25, 0.3) is 5.91 Å². The molecule has 0 aromatic heterocycles. The van der Waals surface area contributed by atoms with Gasteiger partial charge in [-0.3, -0.25) is 9.69 Å². The lowest BCUT2D eigenvalue weighted by Gasteiger charge is -2.23. The highest BCUT2D eigenvalue weighted by Crippen LogP contribution is 2.28. The Kier molecular flexibility index (Phi) is 4.22. The highest BCUT2D eigenvalue weighted by atomic mass is 35.5. The third-order valence-corrected chi connectivity index (χ3v) is 3.58. The molecule has 0 atom stereocenters. The van der Waals surface area contributed by atoms with Gasteiger partial charge < -0.3 is 0 Å². The largest absolute Gasteiger partial charge is 0.277 e. The number of hydrogen-bond acceptors (Lipinski definition) is 1. The summed E-state index contributed by atoms with van der Waals surface area (Å²) < 4.78 is 0. The normalized spacial score (nSPS) is 10.2. The van der Waals surface area contributed by atoms with Crippen LogP contribution in [0.2, 0.25) is 5.02 Å². The molecule has 3 heteroatoms. The predicted molar refractivity (Wildman–Crippen MR) is 90.8 cm³/mol. The van der Waals surface area contributed by atoms with E-state index in [0.29, 0.717) is 10.6 Å². The van der Waals surface area contributed by atoms with Crippen LogP contribution in [-0.2, 0) is 0 Å². The van der Waals surface area contributed by atoms with Crippen LogP contribution in [0.3, 0.4) is 0 Å². The van der Waals surface area contributed by atoms with E-state index >= 15 is 0 Å². The Morgan fingerprint density at radius 2 is 1.18 bits per heavy atom. The van der Waals surface area contributed by atoms with E-state index in [9.17, 15) is 4.79 Å². The molecule has 0 aliphatic heterocycles. The summed E-state index contributed by atoms with van der Waals surface area (Å²) in [5.41, 5.74) is 2.24. The molecule has 1 amide bonds. The van der Waals surface area contributed by atoms with Crippen molar-refractivity contribution < 1.29 is 4.79 Å². The van der Waals surface area contributed by atoms with Crippen LogP contribution in [0.25, 0.3) is 0 Å². The molecule has 108 valence electrons. The summed E-state index contributed by atoms with van der Waals surface area (Å²) in [6, 6.07) is 26.1. The maximum absolute atomic E-state index is 12.9. The Bertz CT molecular complexity index is 754. The Hall–Kier alpha value is -2.58. The van der Waals surface area contributed by atoms with E-state index in [1.807, 2.05) is 72.8 Å². The minimum atomic E-state index is -0.0749. The van der Waals surface area contributed by atoms with Gasteiger partial charge in [0, 0.05) is 22.0 Å². The smallest absolute Gasteiger partial charge is 0.262 e. The van der Waals surface area contributed by atoms with Crippen molar-refractivity contribution in [2.75, 3.05) is 4.90 Å². The molecule has 0 heterocycles. The van der Waals surface area contributed by atoms with Gasteiger partial charge in [-0.05, 0) is 48.5 Å². The summed E-state index contributed by atoms with van der Waals surface area (Å²) in [5.74, 6) is -0.0749. The molecular formula is C19H14ClNO. The first-order chi connectivity index (χ1) is 10.8. The molecule has 3 aromatic carbocycles. The third kappa shape index (κ3) is 3.02. The molecule has 0 aliphatic rings. The van der Waals surface area contributed by atoms with Gasteiger partial charge in [0.1, 0.15) is 0 Å². The fraction of sp³-hybridized carbons (Fsp3) is 0. The quantitative estimate of drug-likeness (QED) is 0.641. The van der Waals surface area contributed by atoms with E-state index in [1.165, 1.54) is 0 Å². The summed E-state index contributed by atoms with van der Waals surface area (Å²) in [5, 5.41) is 0.643. The fourth-order valence-electron chi connectivity index (χ4n) is 2.26. The molecular weight excluding hydrogens is 294 g/mol. The molecule has 0 fully saturated rings. The number of rotatable bonds is 3. The third-order valence-electron chi connectivity index (χ3n) is 3.32. The van der Waals surface area contributed by atoms with Crippen LogP contribution in [0.1, 0.15) is 10.4 Å². The van der Waals surface area contributed by atoms with Crippen LogP contribution in [0, 0.1) is 0 Å². The molecule has 0 unspecified atom stereocenters. The lowest BCUT2D eigenvalue weighted by Crippen LogP contribution is -2.25. The molecule has 0 radical (unpaired) electrons. The summed E-state index contributed by atoms with van der Waals surface area (Å²) in [6.45, 7) is 0. The van der Waals surface area contributed by atoms with Crippen LogP contribution in [0.4, 0.5) is 11.4 Å². The number of carbonyl (C=O) groups is 1. The molecule has 3 aromatic rings. The molecule has 0 N–H and O–H groups in total. The number of benzene rings is 3. The lowest BCUT2D eigenvalue weighted by atomic mass is 10.1. The van der Waals surface area contributed by atoms with E-state index in [1.54, 1.807) is 17.0 Å². The SMILES string of the molecule is O=C(c1ccccc1)N(c1ccccc1)c1ccc(Cl)cc1. The first-order valence-electron chi connectivity index (χ1n) is 6.96. The van der Waals surface area contributed by atoms with Crippen molar-refractivity contribution in [3.8, 4) is 0 Å². The van der Waals surface area contributed by atoms with Gasteiger partial charge in [-0.1, -0.05) is 48.0 Å². The molecule has 0 saturated carbocycles. The second kappa shape index (κ2) is 6.46. The zero-order valence-corrected chi connectivity index (χ0v) is 12.6. The van der Waals surface area contributed by atoms with Gasteiger partial charge in [0.2, 0.25) is 0 Å². The Balaban J connectivity index is 2.07. The predicted octanol–water partition coefficient (Wildman–Crippen LogP) is 5.32. The van der Waals surface area contributed by atoms with Crippen molar-refractivity contribution in [1.29, 1.82) is 0 Å². The molecule has 0 aliphatic carbocycles. The standard InChI is InChI=1S/C19H14ClNO/c20-16-11-13-18(14-12-16)21(17-9-5-2-6-10-17)19(22)15-7-3-1-4-8-15/h1-14H. The fourth-order valence-corrected chi connectivity index (χ4v) is 2.39. The van der Waals surface area contributed by atoms with Gasteiger partial charge in [-0.2, -0.15) is 0 Å². The maximum atomic E-state index is 12.9. The van der Waals surface area contributed by atoms with Crippen LogP contribution in [-0.4, -0.2) is 5.91 Å². The molecule has 0 spiro atoms. The zero-order chi connectivity index (χ0) is 15.4. The number of anilines is 2. The van der Waals surface area contributed by atoms with Crippen LogP contribution in [0.5, 0.6) is 0 Å². The van der Waals surface area contributed by atoms with Crippen molar-refractivity contribution in [2.45, 2.75) is 0 Å². The van der Waals surface area contributed by atoms with Crippen molar-refractivity contribution >= 4 is 28.9 Å². The average Bonchev–Trinajstić information content (AvgIpc) is 2.58. The number of nitrogens with zero attached hydrogens (tertiary/aromatic N) is 1. The van der Waals surface area contributed by atoms with E-state index in [-0.39, 0.29) is 5.91 Å². The summed E-state index contributed by atoms with van der Waals surface area (Å²) >= 11 is 5.96. The van der Waals surface area contributed by atoms with E-state index in [4.69, 9.17) is 11.6 Å². The Morgan fingerprint density at radius 3 is 1.77 bits per heavy atom. The minimum absolute atomic E-state index is 0.0749. The maximum Gasteiger partial charge on any atom is 0.262 e. The monoisotopic (exact) mass is 307 g/mol.